The first-order valence-electron chi connectivity index (χ1n) is 6.48. The van der Waals surface area contributed by atoms with Crippen LogP contribution in [-0.2, 0) is 26.0 Å². The van der Waals surface area contributed by atoms with Crippen LogP contribution in [0.15, 0.2) is 23.1 Å². The van der Waals surface area contributed by atoms with Crippen LogP contribution in [0, 0.1) is 5.82 Å². The molecule has 1 aromatic rings. The van der Waals surface area contributed by atoms with Gasteiger partial charge in [-0.1, -0.05) is 6.07 Å². The van der Waals surface area contributed by atoms with Crippen molar-refractivity contribution >= 4 is 10.0 Å². The summed E-state index contributed by atoms with van der Waals surface area (Å²) in [5, 5.41) is 0. The number of methoxy groups -OCH3 is 2. The zero-order valence-corrected chi connectivity index (χ0v) is 12.8. The van der Waals surface area contributed by atoms with Gasteiger partial charge in [-0.2, -0.15) is 4.31 Å². The highest BCUT2D eigenvalue weighted by molar-refractivity contribution is 7.89. The molecule has 1 aromatic carbocycles. The molecule has 1 aliphatic heterocycles. The Hall–Kier alpha value is -1.06. The van der Waals surface area contributed by atoms with Crippen LogP contribution in [0.3, 0.4) is 0 Å². The van der Waals surface area contributed by atoms with E-state index in [9.17, 15) is 12.8 Å². The van der Waals surface area contributed by atoms with Crippen molar-refractivity contribution in [2.24, 2.45) is 5.73 Å². The van der Waals surface area contributed by atoms with Gasteiger partial charge in [0.05, 0.1) is 12.2 Å². The van der Waals surface area contributed by atoms with Crippen LogP contribution in [-0.4, -0.2) is 52.2 Å². The van der Waals surface area contributed by atoms with Gasteiger partial charge < -0.3 is 15.2 Å². The Kier molecular flexibility index (Phi) is 4.95. The van der Waals surface area contributed by atoms with Gasteiger partial charge in [0.1, 0.15) is 10.7 Å². The SMILES string of the molecule is COC1CN(S(=O)(=O)c2ccc(CN)cc2F)CC1OC. The highest BCUT2D eigenvalue weighted by Gasteiger charge is 2.40. The van der Waals surface area contributed by atoms with Gasteiger partial charge in [0.15, 0.2) is 0 Å². The van der Waals surface area contributed by atoms with Crippen LogP contribution in [0.1, 0.15) is 5.56 Å². The van der Waals surface area contributed by atoms with Gasteiger partial charge in [-0.3, -0.25) is 0 Å². The summed E-state index contributed by atoms with van der Waals surface area (Å²) < 4.78 is 50.6. The first-order chi connectivity index (χ1) is 9.93. The summed E-state index contributed by atoms with van der Waals surface area (Å²) in [6, 6.07) is 3.90. The topological polar surface area (TPSA) is 81.9 Å². The molecule has 0 saturated carbocycles. The number of ether oxygens (including phenoxy) is 2. The minimum atomic E-state index is -3.92. The lowest BCUT2D eigenvalue weighted by atomic mass is 10.2. The minimum absolute atomic E-state index is 0.134. The van der Waals surface area contributed by atoms with Gasteiger partial charge >= 0.3 is 0 Å². The molecule has 1 fully saturated rings. The third kappa shape index (κ3) is 3.09. The Morgan fingerprint density at radius 3 is 2.29 bits per heavy atom. The average Bonchev–Trinajstić information content (AvgIpc) is 2.90. The third-order valence-electron chi connectivity index (χ3n) is 3.64. The predicted octanol–water partition coefficient (Wildman–Crippen LogP) is 0.319. The monoisotopic (exact) mass is 318 g/mol. The van der Waals surface area contributed by atoms with E-state index in [1.807, 2.05) is 0 Å². The summed E-state index contributed by atoms with van der Waals surface area (Å²) >= 11 is 0. The van der Waals surface area contributed by atoms with Crippen LogP contribution in [0.4, 0.5) is 4.39 Å². The van der Waals surface area contributed by atoms with Gasteiger partial charge in [-0.15, -0.1) is 0 Å². The highest BCUT2D eigenvalue weighted by Crippen LogP contribution is 2.26. The zero-order chi connectivity index (χ0) is 15.6. The fraction of sp³-hybridized carbons (Fsp3) is 0.538. The van der Waals surface area contributed by atoms with E-state index in [-0.39, 0.29) is 36.7 Å². The van der Waals surface area contributed by atoms with Crippen molar-refractivity contribution in [1.82, 2.24) is 4.31 Å². The van der Waals surface area contributed by atoms with Crippen LogP contribution >= 0.6 is 0 Å². The van der Waals surface area contributed by atoms with E-state index in [2.05, 4.69) is 0 Å². The molecule has 8 heteroatoms. The van der Waals surface area contributed by atoms with Gasteiger partial charge in [-0.25, -0.2) is 12.8 Å². The highest BCUT2D eigenvalue weighted by atomic mass is 32.2. The minimum Gasteiger partial charge on any atom is -0.377 e. The van der Waals surface area contributed by atoms with Crippen molar-refractivity contribution in [2.45, 2.75) is 23.6 Å². The molecule has 0 spiro atoms. The second kappa shape index (κ2) is 6.37. The Balaban J connectivity index is 2.31. The van der Waals surface area contributed by atoms with Crippen molar-refractivity contribution in [2.75, 3.05) is 27.3 Å². The maximum Gasteiger partial charge on any atom is 0.246 e. The fourth-order valence-electron chi connectivity index (χ4n) is 2.38. The second-order valence-electron chi connectivity index (χ2n) is 4.84. The summed E-state index contributed by atoms with van der Waals surface area (Å²) in [6.07, 6.45) is -0.729. The molecule has 0 bridgehead atoms. The molecule has 21 heavy (non-hydrogen) atoms. The first kappa shape index (κ1) is 16.3. The van der Waals surface area contributed by atoms with Crippen LogP contribution in [0.25, 0.3) is 0 Å². The van der Waals surface area contributed by atoms with Crippen molar-refractivity contribution in [3.05, 3.63) is 29.6 Å². The normalized spacial score (nSPS) is 23.6. The largest absolute Gasteiger partial charge is 0.377 e. The Bertz CT molecular complexity index is 596. The lowest BCUT2D eigenvalue weighted by Crippen LogP contribution is -2.31. The molecule has 2 N–H and O–H groups in total. The van der Waals surface area contributed by atoms with E-state index in [0.29, 0.717) is 5.56 Å². The van der Waals surface area contributed by atoms with E-state index in [4.69, 9.17) is 15.2 Å². The molecule has 0 aromatic heterocycles. The number of nitrogens with two attached hydrogens (primary N) is 1. The first-order valence-corrected chi connectivity index (χ1v) is 7.92. The second-order valence-corrected chi connectivity index (χ2v) is 6.75. The summed E-state index contributed by atoms with van der Waals surface area (Å²) in [5.74, 6) is -0.798. The molecule has 0 aliphatic carbocycles. The number of halogens is 1. The quantitative estimate of drug-likeness (QED) is 0.845. The molecule has 6 nitrogen and oxygen atoms in total. The summed E-state index contributed by atoms with van der Waals surface area (Å²) in [5.41, 5.74) is 5.95. The van der Waals surface area contributed by atoms with E-state index >= 15 is 0 Å². The summed E-state index contributed by atoms with van der Waals surface area (Å²) in [7, 11) is -0.944. The molecule has 0 radical (unpaired) electrons. The van der Waals surface area contributed by atoms with E-state index < -0.39 is 15.8 Å². The van der Waals surface area contributed by atoms with Gasteiger partial charge in [-0.05, 0) is 17.7 Å². The third-order valence-corrected chi connectivity index (χ3v) is 5.50. The van der Waals surface area contributed by atoms with E-state index in [1.54, 1.807) is 0 Å². The van der Waals surface area contributed by atoms with E-state index in [0.717, 1.165) is 6.07 Å². The average molecular weight is 318 g/mol. The molecule has 2 unspecified atom stereocenters. The molecule has 118 valence electrons. The maximum absolute atomic E-state index is 14.0. The Labute approximate surface area is 123 Å². The molecular weight excluding hydrogens is 299 g/mol. The fourth-order valence-corrected chi connectivity index (χ4v) is 3.89. The summed E-state index contributed by atoms with van der Waals surface area (Å²) in [4.78, 5) is -0.355. The smallest absolute Gasteiger partial charge is 0.246 e. The molecule has 1 aliphatic rings. The lowest BCUT2D eigenvalue weighted by molar-refractivity contribution is -0.00461. The molecule has 1 saturated heterocycles. The number of benzene rings is 1. The van der Waals surface area contributed by atoms with E-state index in [1.165, 1.54) is 30.7 Å². The number of rotatable bonds is 5. The standard InChI is InChI=1S/C13H19FN2O4S/c1-19-11-7-16(8-12(11)20-2)21(17,18)13-4-3-9(6-15)5-10(13)14/h3-5,11-12H,6-8,15H2,1-2H3. The zero-order valence-electron chi connectivity index (χ0n) is 12.0. The van der Waals surface area contributed by atoms with Gasteiger partial charge in [0.2, 0.25) is 10.0 Å². The van der Waals surface area contributed by atoms with Crippen molar-refractivity contribution in [1.29, 1.82) is 0 Å². The van der Waals surface area contributed by atoms with Gasteiger partial charge in [0.25, 0.3) is 0 Å². The molecule has 2 atom stereocenters. The number of hydrogen-bond acceptors (Lipinski definition) is 5. The van der Waals surface area contributed by atoms with Gasteiger partial charge in [0, 0.05) is 33.9 Å². The Morgan fingerprint density at radius 2 is 1.86 bits per heavy atom. The maximum atomic E-state index is 14.0. The number of sulfonamides is 1. The van der Waals surface area contributed by atoms with Crippen LogP contribution < -0.4 is 5.73 Å². The van der Waals surface area contributed by atoms with Crippen LogP contribution in [0.2, 0.25) is 0 Å². The number of nitrogens with zero attached hydrogens (tertiary/aromatic N) is 1. The van der Waals surface area contributed by atoms with Crippen molar-refractivity contribution < 1.29 is 22.3 Å². The van der Waals surface area contributed by atoms with Crippen LogP contribution in [0.5, 0.6) is 0 Å². The number of hydrogen-bond donors (Lipinski definition) is 1. The lowest BCUT2D eigenvalue weighted by Gasteiger charge is -2.16. The molecule has 2 rings (SSSR count). The summed E-state index contributed by atoms with van der Waals surface area (Å²) in [6.45, 7) is 0.420. The molecule has 1 heterocycles. The Morgan fingerprint density at radius 1 is 1.29 bits per heavy atom. The molecular formula is C13H19FN2O4S. The van der Waals surface area contributed by atoms with Crippen molar-refractivity contribution in [3.8, 4) is 0 Å². The van der Waals surface area contributed by atoms with Crippen molar-refractivity contribution in [3.63, 3.8) is 0 Å². The molecule has 0 amide bonds. The predicted molar refractivity (Wildman–Crippen MR) is 74.6 cm³/mol.